The predicted molar refractivity (Wildman–Crippen MR) is 111 cm³/mol. The molecule has 0 unspecified atom stereocenters. The Labute approximate surface area is 169 Å². The van der Waals surface area contributed by atoms with Crippen LogP contribution in [-0.4, -0.2) is 37.4 Å². The topological polar surface area (TPSA) is 88.0 Å². The molecule has 7 heteroatoms. The van der Waals surface area contributed by atoms with Gasteiger partial charge >= 0.3 is 0 Å². The molecule has 6 nitrogen and oxygen atoms in total. The van der Waals surface area contributed by atoms with Gasteiger partial charge in [0.2, 0.25) is 0 Å². The molecule has 0 saturated heterocycles. The molecule has 1 aromatic carbocycles. The number of pyridine rings is 1. The summed E-state index contributed by atoms with van der Waals surface area (Å²) in [6.07, 6.45) is 1.81. The van der Waals surface area contributed by atoms with Gasteiger partial charge in [0.15, 0.2) is 0 Å². The van der Waals surface area contributed by atoms with E-state index in [1.54, 1.807) is 13.1 Å². The van der Waals surface area contributed by atoms with Crippen LogP contribution in [-0.2, 0) is 0 Å². The van der Waals surface area contributed by atoms with E-state index in [1.807, 2.05) is 37.3 Å². The number of aromatic nitrogens is 3. The van der Waals surface area contributed by atoms with Crippen molar-refractivity contribution < 1.29 is 9.90 Å². The molecule has 2 heterocycles. The average Bonchev–Trinajstić information content (AvgIpc) is 3.18. The molecule has 28 heavy (non-hydrogen) atoms. The zero-order valence-electron chi connectivity index (χ0n) is 16.4. The van der Waals surface area contributed by atoms with Crippen LogP contribution in [0.5, 0.6) is 0 Å². The van der Waals surface area contributed by atoms with Crippen molar-refractivity contribution in [2.45, 2.75) is 39.7 Å². The maximum Gasteiger partial charge on any atom is 0.251 e. The summed E-state index contributed by atoms with van der Waals surface area (Å²) in [5.41, 5.74) is 5.72. The van der Waals surface area contributed by atoms with Crippen molar-refractivity contribution in [2.24, 2.45) is 0 Å². The molecule has 2 aromatic heterocycles. The van der Waals surface area contributed by atoms with Crippen molar-refractivity contribution in [2.75, 3.05) is 6.61 Å². The first kappa shape index (κ1) is 20.1. The Morgan fingerprint density at radius 2 is 1.89 bits per heavy atom. The van der Waals surface area contributed by atoms with E-state index in [0.717, 1.165) is 33.8 Å². The highest BCUT2D eigenvalue weighted by Gasteiger charge is 2.18. The Kier molecular flexibility index (Phi) is 6.16. The number of nitrogens with one attached hydrogen (secondary N) is 1. The summed E-state index contributed by atoms with van der Waals surface area (Å²) in [5.74, 6) is -0.0207. The van der Waals surface area contributed by atoms with Crippen LogP contribution in [0.4, 0.5) is 0 Å². The van der Waals surface area contributed by atoms with Crippen LogP contribution in [0.25, 0.3) is 22.5 Å². The van der Waals surface area contributed by atoms with Gasteiger partial charge in [0.05, 0.1) is 29.7 Å². The van der Waals surface area contributed by atoms with Crippen molar-refractivity contribution in [3.63, 3.8) is 0 Å². The minimum absolute atomic E-state index is 0.120. The lowest BCUT2D eigenvalue weighted by Crippen LogP contribution is -2.35. The standard InChI is InChI=1S/C21H24N4O2S/c1-12(2)19-20(25-28-24-19)16-7-15(18-6-5-13(3)10-22-18)8-17(9-16)21(27)23-14(4)11-26/h5-10,12,14,26H,11H2,1-4H3,(H,23,27)/t14-/m1/s1. The lowest BCUT2D eigenvalue weighted by atomic mass is 9.97. The third kappa shape index (κ3) is 4.43. The molecular weight excluding hydrogens is 372 g/mol. The number of aliphatic hydroxyl groups is 1. The van der Waals surface area contributed by atoms with Gasteiger partial charge in [-0.05, 0) is 49.6 Å². The summed E-state index contributed by atoms with van der Waals surface area (Å²) < 4.78 is 8.90. The number of hydrogen-bond acceptors (Lipinski definition) is 6. The number of carbonyl (C=O) groups excluding carboxylic acids is 1. The first-order valence-electron chi connectivity index (χ1n) is 9.21. The second kappa shape index (κ2) is 8.58. The molecule has 146 valence electrons. The molecule has 1 atom stereocenters. The number of nitrogens with zero attached hydrogens (tertiary/aromatic N) is 3. The normalized spacial score (nSPS) is 12.2. The molecule has 0 bridgehead atoms. The maximum absolute atomic E-state index is 12.7. The molecule has 0 saturated carbocycles. The van der Waals surface area contributed by atoms with Crippen LogP contribution in [0.2, 0.25) is 0 Å². The van der Waals surface area contributed by atoms with E-state index in [9.17, 15) is 9.90 Å². The lowest BCUT2D eigenvalue weighted by Gasteiger charge is -2.13. The Hall–Kier alpha value is -2.64. The molecule has 3 aromatic rings. The maximum atomic E-state index is 12.7. The fraction of sp³-hybridized carbons (Fsp3) is 0.333. The Balaban J connectivity index is 2.12. The first-order chi connectivity index (χ1) is 13.4. The summed E-state index contributed by atoms with van der Waals surface area (Å²) in [7, 11) is 0. The molecule has 0 spiro atoms. The van der Waals surface area contributed by atoms with Crippen LogP contribution in [0.15, 0.2) is 36.5 Å². The van der Waals surface area contributed by atoms with Gasteiger partial charge in [-0.25, -0.2) is 0 Å². The molecule has 0 fully saturated rings. The third-order valence-electron chi connectivity index (χ3n) is 4.39. The van der Waals surface area contributed by atoms with Gasteiger partial charge in [-0.3, -0.25) is 9.78 Å². The Bertz CT molecular complexity index is 967. The van der Waals surface area contributed by atoms with Crippen molar-refractivity contribution in [3.8, 4) is 22.5 Å². The second-order valence-corrected chi connectivity index (χ2v) is 7.76. The summed E-state index contributed by atoms with van der Waals surface area (Å²) in [5, 5.41) is 12.1. The number of benzene rings is 1. The highest BCUT2D eigenvalue weighted by atomic mass is 32.1. The lowest BCUT2D eigenvalue weighted by molar-refractivity contribution is 0.0922. The summed E-state index contributed by atoms with van der Waals surface area (Å²) >= 11 is 1.17. The van der Waals surface area contributed by atoms with Gasteiger partial charge in [0, 0.05) is 28.9 Å². The fourth-order valence-corrected chi connectivity index (χ4v) is 3.52. The van der Waals surface area contributed by atoms with Gasteiger partial charge < -0.3 is 10.4 Å². The van der Waals surface area contributed by atoms with Gasteiger partial charge in [0.1, 0.15) is 5.69 Å². The van der Waals surface area contributed by atoms with Crippen LogP contribution in [0, 0.1) is 6.92 Å². The SMILES string of the molecule is Cc1ccc(-c2cc(C(=O)N[C@H](C)CO)cc(-c3nsnc3C(C)C)c2)nc1. The van der Waals surface area contributed by atoms with Gasteiger partial charge in [-0.1, -0.05) is 19.9 Å². The summed E-state index contributed by atoms with van der Waals surface area (Å²) in [4.78, 5) is 17.2. The van der Waals surface area contributed by atoms with Crippen LogP contribution in [0.3, 0.4) is 0 Å². The van der Waals surface area contributed by atoms with E-state index in [1.165, 1.54) is 11.7 Å². The zero-order chi connectivity index (χ0) is 20.3. The van der Waals surface area contributed by atoms with Gasteiger partial charge in [0.25, 0.3) is 5.91 Å². The molecule has 0 aliphatic rings. The van der Waals surface area contributed by atoms with Crippen molar-refractivity contribution in [1.29, 1.82) is 0 Å². The summed E-state index contributed by atoms with van der Waals surface area (Å²) in [6, 6.07) is 9.23. The Morgan fingerprint density at radius 3 is 2.54 bits per heavy atom. The van der Waals surface area contributed by atoms with Crippen LogP contribution in [0.1, 0.15) is 48.3 Å². The minimum atomic E-state index is -0.329. The quantitative estimate of drug-likeness (QED) is 0.661. The number of rotatable bonds is 6. The highest BCUT2D eigenvalue weighted by Crippen LogP contribution is 2.31. The van der Waals surface area contributed by atoms with E-state index in [2.05, 4.69) is 32.9 Å². The summed E-state index contributed by atoms with van der Waals surface area (Å²) in [6.45, 7) is 7.76. The van der Waals surface area contributed by atoms with Crippen LogP contribution >= 0.6 is 11.7 Å². The molecule has 1 amide bonds. The van der Waals surface area contributed by atoms with Gasteiger partial charge in [-0.15, -0.1) is 0 Å². The smallest absolute Gasteiger partial charge is 0.251 e. The molecule has 3 rings (SSSR count). The second-order valence-electron chi connectivity index (χ2n) is 7.23. The number of hydrogen-bond donors (Lipinski definition) is 2. The fourth-order valence-electron chi connectivity index (χ4n) is 2.81. The molecular formula is C21H24N4O2S. The van der Waals surface area contributed by atoms with Crippen molar-refractivity contribution >= 4 is 17.6 Å². The number of carbonyl (C=O) groups is 1. The molecule has 0 aliphatic carbocycles. The van der Waals surface area contributed by atoms with Gasteiger partial charge in [-0.2, -0.15) is 8.75 Å². The molecule has 0 radical (unpaired) electrons. The van der Waals surface area contributed by atoms with Crippen molar-refractivity contribution in [3.05, 3.63) is 53.3 Å². The van der Waals surface area contributed by atoms with E-state index in [0.29, 0.717) is 5.56 Å². The first-order valence-corrected chi connectivity index (χ1v) is 9.94. The monoisotopic (exact) mass is 396 g/mol. The molecule has 0 aliphatic heterocycles. The predicted octanol–water partition coefficient (Wildman–Crippen LogP) is 3.81. The number of amides is 1. The van der Waals surface area contributed by atoms with E-state index >= 15 is 0 Å². The van der Waals surface area contributed by atoms with Crippen LogP contribution < -0.4 is 5.32 Å². The van der Waals surface area contributed by atoms with E-state index in [4.69, 9.17) is 0 Å². The number of aryl methyl sites for hydroxylation is 1. The highest BCUT2D eigenvalue weighted by molar-refractivity contribution is 6.99. The minimum Gasteiger partial charge on any atom is -0.394 e. The zero-order valence-corrected chi connectivity index (χ0v) is 17.2. The van der Waals surface area contributed by atoms with Crippen molar-refractivity contribution in [1.82, 2.24) is 19.0 Å². The molecule has 2 N–H and O–H groups in total. The average molecular weight is 397 g/mol. The number of aliphatic hydroxyl groups excluding tert-OH is 1. The third-order valence-corrected chi connectivity index (χ3v) is 4.93. The van der Waals surface area contributed by atoms with E-state index in [-0.39, 0.29) is 24.5 Å². The van der Waals surface area contributed by atoms with E-state index < -0.39 is 0 Å². The largest absolute Gasteiger partial charge is 0.394 e. The Morgan fingerprint density at radius 1 is 1.14 bits per heavy atom.